The molecule has 0 aromatic heterocycles. The number of nitrogens with one attached hydrogen (secondary N) is 1. The first-order valence-electron chi connectivity index (χ1n) is 5.53. The van der Waals surface area contributed by atoms with E-state index in [1.807, 2.05) is 0 Å². The first-order valence-corrected chi connectivity index (χ1v) is 5.53. The minimum Gasteiger partial charge on any atom is -0.388 e. The lowest BCUT2D eigenvalue weighted by atomic mass is 9.92. The van der Waals surface area contributed by atoms with E-state index in [9.17, 15) is 18.3 Å². The summed E-state index contributed by atoms with van der Waals surface area (Å²) in [6.07, 6.45) is -4.40. The summed E-state index contributed by atoms with van der Waals surface area (Å²) in [7, 11) is 0. The minimum absolute atomic E-state index is 0.423. The van der Waals surface area contributed by atoms with Gasteiger partial charge in [-0.25, -0.2) is 0 Å². The number of hydrogen-bond donors (Lipinski definition) is 2. The highest BCUT2D eigenvalue weighted by Crippen LogP contribution is 2.31. The predicted octanol–water partition coefficient (Wildman–Crippen LogP) is 2.35. The van der Waals surface area contributed by atoms with Gasteiger partial charge in [0.2, 0.25) is 0 Å². The zero-order valence-corrected chi connectivity index (χ0v) is 9.17. The van der Waals surface area contributed by atoms with Crippen LogP contribution in [0.5, 0.6) is 0 Å². The Balaban J connectivity index is 2.01. The van der Waals surface area contributed by atoms with Crippen LogP contribution in [0.25, 0.3) is 0 Å². The summed E-state index contributed by atoms with van der Waals surface area (Å²) in [5.74, 6) is 0.423. The van der Waals surface area contributed by atoms with E-state index in [1.165, 1.54) is 12.1 Å². The van der Waals surface area contributed by atoms with Crippen LogP contribution >= 0.6 is 0 Å². The highest BCUT2D eigenvalue weighted by Gasteiger charge is 2.30. The molecule has 0 amide bonds. The number of halogens is 3. The number of aliphatic hydroxyl groups excluding tert-OH is 1. The first kappa shape index (κ1) is 12.4. The summed E-state index contributed by atoms with van der Waals surface area (Å²) >= 11 is 0. The molecule has 1 aromatic carbocycles. The van der Waals surface area contributed by atoms with Crippen LogP contribution in [0.2, 0.25) is 0 Å². The standard InChI is InChI=1S/C12H14F3NO/c13-12(14,15)10-3-1-9(2-4-10)11(17)5-8-6-16-7-8/h1-4,8,11,16-17H,5-7H2. The van der Waals surface area contributed by atoms with Crippen molar-refractivity contribution in [1.82, 2.24) is 5.32 Å². The van der Waals surface area contributed by atoms with Crippen molar-refractivity contribution in [3.63, 3.8) is 0 Å². The Morgan fingerprint density at radius 3 is 2.24 bits per heavy atom. The Morgan fingerprint density at radius 2 is 1.82 bits per heavy atom. The molecule has 2 rings (SSSR count). The monoisotopic (exact) mass is 245 g/mol. The maximum atomic E-state index is 12.3. The van der Waals surface area contributed by atoms with Crippen LogP contribution in [0, 0.1) is 5.92 Å². The lowest BCUT2D eigenvalue weighted by Gasteiger charge is -2.29. The third kappa shape index (κ3) is 2.98. The van der Waals surface area contributed by atoms with Crippen molar-refractivity contribution in [1.29, 1.82) is 0 Å². The number of aliphatic hydroxyl groups is 1. The molecule has 1 fully saturated rings. The van der Waals surface area contributed by atoms with Gasteiger partial charge in [0, 0.05) is 0 Å². The summed E-state index contributed by atoms with van der Waals surface area (Å²) in [6.45, 7) is 1.75. The van der Waals surface area contributed by atoms with Gasteiger partial charge in [0.1, 0.15) is 0 Å². The molecule has 0 radical (unpaired) electrons. The van der Waals surface area contributed by atoms with Gasteiger partial charge in [0.15, 0.2) is 0 Å². The van der Waals surface area contributed by atoms with Crippen LogP contribution in [0.1, 0.15) is 23.7 Å². The Labute approximate surface area is 97.5 Å². The fraction of sp³-hybridized carbons (Fsp3) is 0.500. The molecular weight excluding hydrogens is 231 g/mol. The number of hydrogen-bond acceptors (Lipinski definition) is 2. The summed E-state index contributed by atoms with van der Waals surface area (Å²) in [4.78, 5) is 0. The van der Waals surface area contributed by atoms with Gasteiger partial charge < -0.3 is 10.4 Å². The van der Waals surface area contributed by atoms with Gasteiger partial charge in [-0.3, -0.25) is 0 Å². The molecule has 0 saturated carbocycles. The van der Waals surface area contributed by atoms with E-state index < -0.39 is 17.8 Å². The molecule has 1 unspecified atom stereocenters. The SMILES string of the molecule is OC(CC1CNC1)c1ccc(C(F)(F)F)cc1. The molecular formula is C12H14F3NO. The molecule has 0 spiro atoms. The Kier molecular flexibility index (Phi) is 3.40. The van der Waals surface area contributed by atoms with E-state index in [1.54, 1.807) is 0 Å². The van der Waals surface area contributed by atoms with Crippen LogP contribution in [0.3, 0.4) is 0 Å². The maximum absolute atomic E-state index is 12.3. The quantitative estimate of drug-likeness (QED) is 0.856. The maximum Gasteiger partial charge on any atom is 0.416 e. The van der Waals surface area contributed by atoms with Gasteiger partial charge >= 0.3 is 6.18 Å². The zero-order valence-electron chi connectivity index (χ0n) is 9.17. The van der Waals surface area contributed by atoms with Crippen LogP contribution in [-0.4, -0.2) is 18.2 Å². The predicted molar refractivity (Wildman–Crippen MR) is 57.4 cm³/mol. The van der Waals surface area contributed by atoms with Crippen molar-refractivity contribution in [2.24, 2.45) is 5.92 Å². The molecule has 5 heteroatoms. The van der Waals surface area contributed by atoms with E-state index >= 15 is 0 Å². The van der Waals surface area contributed by atoms with Crippen LogP contribution in [0.15, 0.2) is 24.3 Å². The fourth-order valence-corrected chi connectivity index (χ4v) is 1.86. The van der Waals surface area contributed by atoms with E-state index in [2.05, 4.69) is 5.32 Å². The zero-order chi connectivity index (χ0) is 12.5. The highest BCUT2D eigenvalue weighted by molar-refractivity contribution is 5.26. The Bertz CT molecular complexity index is 370. The second kappa shape index (κ2) is 4.66. The molecule has 1 saturated heterocycles. The highest BCUT2D eigenvalue weighted by atomic mass is 19.4. The van der Waals surface area contributed by atoms with Crippen molar-refractivity contribution < 1.29 is 18.3 Å². The van der Waals surface area contributed by atoms with Crippen LogP contribution in [0.4, 0.5) is 13.2 Å². The third-order valence-electron chi connectivity index (χ3n) is 3.05. The molecule has 1 atom stereocenters. The molecule has 94 valence electrons. The largest absolute Gasteiger partial charge is 0.416 e. The minimum atomic E-state index is -4.32. The second-order valence-corrected chi connectivity index (χ2v) is 4.40. The Hall–Kier alpha value is -1.07. The van der Waals surface area contributed by atoms with Crippen molar-refractivity contribution in [3.8, 4) is 0 Å². The average molecular weight is 245 g/mol. The van der Waals surface area contributed by atoms with Gasteiger partial charge in [0.25, 0.3) is 0 Å². The van der Waals surface area contributed by atoms with Crippen LogP contribution in [-0.2, 0) is 6.18 Å². The molecule has 1 aliphatic rings. The smallest absolute Gasteiger partial charge is 0.388 e. The van der Waals surface area contributed by atoms with Gasteiger partial charge in [0.05, 0.1) is 11.7 Å². The number of benzene rings is 1. The van der Waals surface area contributed by atoms with Gasteiger partial charge in [-0.1, -0.05) is 12.1 Å². The molecule has 1 heterocycles. The lowest BCUT2D eigenvalue weighted by Crippen LogP contribution is -2.42. The van der Waals surface area contributed by atoms with E-state index in [-0.39, 0.29) is 0 Å². The summed E-state index contributed by atoms with van der Waals surface area (Å²) in [6, 6.07) is 4.72. The van der Waals surface area contributed by atoms with E-state index in [0.717, 1.165) is 25.2 Å². The van der Waals surface area contributed by atoms with Crippen molar-refractivity contribution in [3.05, 3.63) is 35.4 Å². The summed E-state index contributed by atoms with van der Waals surface area (Å²) < 4.78 is 37.0. The van der Waals surface area contributed by atoms with Gasteiger partial charge in [-0.05, 0) is 43.1 Å². The summed E-state index contributed by atoms with van der Waals surface area (Å²) in [5, 5.41) is 12.9. The molecule has 2 nitrogen and oxygen atoms in total. The molecule has 0 bridgehead atoms. The molecule has 1 aliphatic heterocycles. The fourth-order valence-electron chi connectivity index (χ4n) is 1.86. The average Bonchev–Trinajstić information content (AvgIpc) is 2.22. The number of alkyl halides is 3. The molecule has 1 aromatic rings. The molecule has 0 aliphatic carbocycles. The number of rotatable bonds is 3. The molecule has 2 N–H and O–H groups in total. The normalized spacial score (nSPS) is 18.8. The summed E-state index contributed by atoms with van der Waals surface area (Å²) in [5.41, 5.74) is -0.135. The third-order valence-corrected chi connectivity index (χ3v) is 3.05. The van der Waals surface area contributed by atoms with Gasteiger partial charge in [-0.15, -0.1) is 0 Å². The van der Waals surface area contributed by atoms with Crippen molar-refractivity contribution in [2.75, 3.05) is 13.1 Å². The topological polar surface area (TPSA) is 32.3 Å². The first-order chi connectivity index (χ1) is 7.97. The van der Waals surface area contributed by atoms with E-state index in [0.29, 0.717) is 17.9 Å². The van der Waals surface area contributed by atoms with Crippen LogP contribution < -0.4 is 5.32 Å². The van der Waals surface area contributed by atoms with Crippen molar-refractivity contribution >= 4 is 0 Å². The van der Waals surface area contributed by atoms with Crippen molar-refractivity contribution in [2.45, 2.75) is 18.7 Å². The lowest BCUT2D eigenvalue weighted by molar-refractivity contribution is -0.137. The Morgan fingerprint density at radius 1 is 1.24 bits per heavy atom. The van der Waals surface area contributed by atoms with E-state index in [4.69, 9.17) is 0 Å². The second-order valence-electron chi connectivity index (χ2n) is 4.40. The van der Waals surface area contributed by atoms with Gasteiger partial charge in [-0.2, -0.15) is 13.2 Å². The molecule has 17 heavy (non-hydrogen) atoms.